The van der Waals surface area contributed by atoms with E-state index in [0.29, 0.717) is 0 Å². The molecular formula is C59H76N10+6. The van der Waals surface area contributed by atoms with E-state index in [4.69, 9.17) is 0 Å². The SMILES string of the molecule is CCCCCCCCn1cc[n+](Cc2ccc(Cn3cc[n+](Cc4ccc(C[N+]56CC[N+](Cc7ccc(C[n+]8ccn(Cc9ccc(Cn%10cc[n+](C)c%10)cc9)c8)cc7)(CC5)CC6)cc4)c3)cc2)c1. The fourth-order valence-electron chi connectivity index (χ4n) is 11.0. The van der Waals surface area contributed by atoms with Crippen LogP contribution in [0.3, 0.4) is 0 Å². The number of hydrogen-bond acceptors (Lipinski definition) is 0. The van der Waals surface area contributed by atoms with Crippen LogP contribution < -0.4 is 18.3 Å². The van der Waals surface area contributed by atoms with Gasteiger partial charge in [0.1, 0.15) is 141 Å². The van der Waals surface area contributed by atoms with Crippen molar-refractivity contribution in [1.82, 2.24) is 18.3 Å². The minimum Gasteiger partial charge on any atom is -0.306 e. The van der Waals surface area contributed by atoms with Crippen LogP contribution in [0.1, 0.15) is 90.0 Å². The Morgan fingerprint density at radius 3 is 1.12 bits per heavy atom. The van der Waals surface area contributed by atoms with Crippen molar-refractivity contribution in [3.8, 4) is 0 Å². The van der Waals surface area contributed by atoms with Crippen molar-refractivity contribution >= 4 is 0 Å². The Labute approximate surface area is 411 Å². The van der Waals surface area contributed by atoms with Gasteiger partial charge in [0.25, 0.3) is 0 Å². The van der Waals surface area contributed by atoms with Crippen molar-refractivity contribution in [3.63, 3.8) is 0 Å². The van der Waals surface area contributed by atoms with Gasteiger partial charge in [-0.2, -0.15) is 0 Å². The van der Waals surface area contributed by atoms with Gasteiger partial charge >= 0.3 is 0 Å². The third-order valence-electron chi connectivity index (χ3n) is 15.3. The lowest BCUT2D eigenvalue weighted by Gasteiger charge is -2.55. The fourth-order valence-corrected chi connectivity index (χ4v) is 11.0. The number of nitrogens with zero attached hydrogens (tertiary/aromatic N) is 10. The van der Waals surface area contributed by atoms with E-state index in [1.165, 1.54) is 131 Å². The molecule has 8 aromatic rings. The van der Waals surface area contributed by atoms with Crippen LogP contribution in [0.4, 0.5) is 0 Å². The van der Waals surface area contributed by atoms with E-state index in [1.807, 2.05) is 0 Å². The third-order valence-corrected chi connectivity index (χ3v) is 15.3. The lowest BCUT2D eigenvalue weighted by molar-refractivity contribution is -1.09. The van der Waals surface area contributed by atoms with Gasteiger partial charge in [0.15, 0.2) is 0 Å². The largest absolute Gasteiger partial charge is 0.306 e. The Balaban J connectivity index is 0.639. The van der Waals surface area contributed by atoms with Crippen LogP contribution in [-0.2, 0) is 66.0 Å². The number of hydrogen-bond donors (Lipinski definition) is 0. The van der Waals surface area contributed by atoms with Crippen LogP contribution >= 0.6 is 0 Å². The first-order chi connectivity index (χ1) is 33.8. The Hall–Kier alpha value is -6.36. The first-order valence-electron chi connectivity index (χ1n) is 26.0. The van der Waals surface area contributed by atoms with Gasteiger partial charge in [0.05, 0.1) is 13.6 Å². The second-order valence-electron chi connectivity index (χ2n) is 21.0. The number of quaternary nitrogens is 2. The average Bonchev–Trinajstić information content (AvgIpc) is 4.21. The third kappa shape index (κ3) is 12.5. The molecule has 0 atom stereocenters. The molecule has 0 saturated carbocycles. The van der Waals surface area contributed by atoms with E-state index >= 15 is 0 Å². The highest BCUT2D eigenvalue weighted by atomic mass is 15.5. The summed E-state index contributed by atoms with van der Waals surface area (Å²) in [4.78, 5) is 0. The molecule has 0 amide bonds. The summed E-state index contributed by atoms with van der Waals surface area (Å²) >= 11 is 0. The maximum atomic E-state index is 2.40. The smallest absolute Gasteiger partial charge is 0.244 e. The van der Waals surface area contributed by atoms with Crippen LogP contribution in [-0.4, -0.2) is 66.5 Å². The topological polar surface area (TPSA) is 35.2 Å². The molecule has 4 aromatic carbocycles. The molecule has 10 heteroatoms. The second-order valence-corrected chi connectivity index (χ2v) is 21.0. The van der Waals surface area contributed by atoms with Gasteiger partial charge in [0.2, 0.25) is 25.3 Å². The van der Waals surface area contributed by atoms with E-state index in [9.17, 15) is 0 Å². The van der Waals surface area contributed by atoms with Crippen molar-refractivity contribution < 1.29 is 27.2 Å². The lowest BCUT2D eigenvalue weighted by atomic mass is 10.0. The normalized spacial score (nSPS) is 17.8. The molecule has 69 heavy (non-hydrogen) atoms. The van der Waals surface area contributed by atoms with Crippen LogP contribution in [0.15, 0.2) is 172 Å². The van der Waals surface area contributed by atoms with Gasteiger partial charge < -0.3 is 8.97 Å². The number of unbranched alkanes of at least 4 members (excludes halogenated alkanes) is 5. The first kappa shape index (κ1) is 46.4. The zero-order chi connectivity index (χ0) is 46.9. The summed E-state index contributed by atoms with van der Waals surface area (Å²) in [5, 5.41) is 0. The Bertz CT molecular complexity index is 2820. The molecule has 4 aromatic heterocycles. The number of benzene rings is 4. The maximum absolute atomic E-state index is 2.40. The highest BCUT2D eigenvalue weighted by molar-refractivity contribution is 5.25. The van der Waals surface area contributed by atoms with Gasteiger partial charge in [-0.1, -0.05) is 130 Å². The molecule has 3 aliphatic heterocycles. The second kappa shape index (κ2) is 21.5. The molecule has 3 aliphatic rings. The number of aryl methyl sites for hydroxylation is 2. The monoisotopic (exact) mass is 925 g/mol. The molecule has 3 fully saturated rings. The van der Waals surface area contributed by atoms with Gasteiger partial charge in [0, 0.05) is 11.1 Å². The van der Waals surface area contributed by atoms with Crippen LogP contribution in [0.2, 0.25) is 0 Å². The van der Waals surface area contributed by atoms with Crippen LogP contribution in [0.5, 0.6) is 0 Å². The molecule has 0 unspecified atom stereocenters. The summed E-state index contributed by atoms with van der Waals surface area (Å²) in [6.45, 7) is 18.7. The van der Waals surface area contributed by atoms with Crippen molar-refractivity contribution in [2.24, 2.45) is 7.05 Å². The van der Waals surface area contributed by atoms with Crippen molar-refractivity contribution in [1.29, 1.82) is 0 Å². The summed E-state index contributed by atoms with van der Waals surface area (Å²) in [5.41, 5.74) is 11.0. The Morgan fingerprint density at radius 2 is 0.710 bits per heavy atom. The standard InChI is InChI=1S/C59H76N10/c1-3-4-5-6-7-8-25-61-28-29-63(49-61)41-53-13-15-55(16-14-53)43-65-31-33-67(51-65)45-57-19-23-59(24-20-57)47-69-37-34-68(35-38-69,36-39-69)46-58-21-17-56(18-22-58)44-66-32-30-64(50-66)42-54-11-9-52(10-12-54)40-62-27-26-60(2)48-62/h9-24,26-33,48-51H,3-8,25,34-47H2,1-2H3/q+6. The van der Waals surface area contributed by atoms with Gasteiger partial charge in [-0.3, -0.25) is 0 Å². The molecule has 0 aliphatic carbocycles. The van der Waals surface area contributed by atoms with Crippen molar-refractivity contribution in [2.45, 2.75) is 104 Å². The van der Waals surface area contributed by atoms with Crippen LogP contribution in [0.25, 0.3) is 0 Å². The number of imidazole rings is 4. The summed E-state index contributed by atoms with van der Waals surface area (Å²) in [7, 11) is 2.06. The Morgan fingerprint density at radius 1 is 0.377 bits per heavy atom. The van der Waals surface area contributed by atoms with E-state index in [2.05, 4.69) is 222 Å². The predicted molar refractivity (Wildman–Crippen MR) is 270 cm³/mol. The van der Waals surface area contributed by atoms with E-state index in [-0.39, 0.29) is 0 Å². The van der Waals surface area contributed by atoms with Gasteiger partial charge in [-0.25, -0.2) is 36.5 Å². The fraction of sp³-hybridized carbons (Fsp3) is 0.390. The summed E-state index contributed by atoms with van der Waals surface area (Å²) in [6.07, 6.45) is 34.3. The van der Waals surface area contributed by atoms with E-state index < -0.39 is 0 Å². The quantitative estimate of drug-likeness (QED) is 0.0361. The maximum Gasteiger partial charge on any atom is 0.244 e. The number of fused-ring (bicyclic) bond motifs is 3. The molecule has 0 radical (unpaired) electrons. The summed E-state index contributed by atoms with van der Waals surface area (Å²) in [5.74, 6) is 0. The average molecular weight is 925 g/mol. The highest BCUT2D eigenvalue weighted by Gasteiger charge is 2.48. The van der Waals surface area contributed by atoms with E-state index in [0.717, 1.165) is 58.9 Å². The zero-order valence-electron chi connectivity index (χ0n) is 41.5. The molecule has 0 spiro atoms. The first-order valence-corrected chi connectivity index (χ1v) is 26.0. The lowest BCUT2D eigenvalue weighted by Crippen LogP contribution is -2.74. The molecular weight excluding hydrogens is 849 g/mol. The number of rotatable bonds is 23. The number of piperazine rings is 3. The minimum atomic E-state index is 0.875. The summed E-state index contributed by atoms with van der Waals surface area (Å²) in [6, 6.07) is 37.2. The molecule has 356 valence electrons. The van der Waals surface area contributed by atoms with Crippen molar-refractivity contribution in [2.75, 3.05) is 39.3 Å². The minimum absolute atomic E-state index is 0.875. The summed E-state index contributed by atoms with van der Waals surface area (Å²) < 4.78 is 20.6. The van der Waals surface area contributed by atoms with Crippen molar-refractivity contribution in [3.05, 3.63) is 216 Å². The van der Waals surface area contributed by atoms with Crippen LogP contribution in [0, 0.1) is 0 Å². The van der Waals surface area contributed by atoms with Gasteiger partial charge in [-0.05, 0) is 46.2 Å². The molecule has 11 rings (SSSR count). The number of aromatic nitrogens is 8. The predicted octanol–water partition coefficient (Wildman–Crippen LogP) is 7.59. The van der Waals surface area contributed by atoms with Gasteiger partial charge in [-0.15, -0.1) is 0 Å². The Kier molecular flexibility index (Phi) is 14.5. The molecule has 2 bridgehead atoms. The molecule has 3 saturated heterocycles. The molecule has 7 heterocycles. The molecule has 0 N–H and O–H groups in total. The molecule has 10 nitrogen and oxygen atoms in total. The highest BCUT2D eigenvalue weighted by Crippen LogP contribution is 2.31. The zero-order valence-corrected chi connectivity index (χ0v) is 41.5. The van der Waals surface area contributed by atoms with E-state index in [1.54, 1.807) is 0 Å².